The molecule has 4 nitrogen and oxygen atoms in total. The number of alkyl halides is 3. The first-order chi connectivity index (χ1) is 12.4. The first kappa shape index (κ1) is 21.3. The number of nitrogens with zero attached hydrogens (tertiary/aromatic N) is 1. The lowest BCUT2D eigenvalue weighted by molar-refractivity contribution is -0.137. The molecular formula is C17H22ClF3N2O2S. The van der Waals surface area contributed by atoms with Crippen molar-refractivity contribution in [2.45, 2.75) is 55.8 Å². The van der Waals surface area contributed by atoms with Crippen LogP contribution >= 0.6 is 23.4 Å². The lowest BCUT2D eigenvalue weighted by atomic mass is 9.98. The van der Waals surface area contributed by atoms with Gasteiger partial charge in [-0.15, -0.1) is 0 Å². The number of pyridine rings is 1. The number of aromatic nitrogens is 1. The standard InChI is InChI=1S/C17H22ClF3N2O2S/c18-14-9-12(17(19,20)21)10-23-16(14)26-11-15(24)22-7-4-8-25-13-5-2-1-3-6-13/h9-10,13H,1-8,11H2,(H,22,24). The summed E-state index contributed by atoms with van der Waals surface area (Å²) in [5, 5.41) is 2.85. The second kappa shape index (κ2) is 10.4. The van der Waals surface area contributed by atoms with E-state index in [-0.39, 0.29) is 21.7 Å². The molecule has 1 aliphatic rings. The van der Waals surface area contributed by atoms with Gasteiger partial charge in [0, 0.05) is 19.3 Å². The molecule has 0 atom stereocenters. The molecule has 1 amide bonds. The fourth-order valence-electron chi connectivity index (χ4n) is 2.65. The highest BCUT2D eigenvalue weighted by molar-refractivity contribution is 8.00. The van der Waals surface area contributed by atoms with E-state index >= 15 is 0 Å². The number of carbonyl (C=O) groups is 1. The van der Waals surface area contributed by atoms with Crippen LogP contribution in [0.4, 0.5) is 13.2 Å². The molecule has 1 aromatic rings. The van der Waals surface area contributed by atoms with Crippen LogP contribution < -0.4 is 5.32 Å². The Kier molecular flexibility index (Phi) is 8.50. The number of hydrogen-bond donors (Lipinski definition) is 1. The number of amides is 1. The van der Waals surface area contributed by atoms with Gasteiger partial charge in [0.15, 0.2) is 0 Å². The highest BCUT2D eigenvalue weighted by Crippen LogP contribution is 2.33. The van der Waals surface area contributed by atoms with Gasteiger partial charge in [0.05, 0.1) is 22.4 Å². The van der Waals surface area contributed by atoms with E-state index in [0.717, 1.165) is 37.1 Å². The Morgan fingerprint density at radius 1 is 1.35 bits per heavy atom. The topological polar surface area (TPSA) is 51.2 Å². The third-order valence-electron chi connectivity index (χ3n) is 4.02. The molecule has 1 saturated carbocycles. The van der Waals surface area contributed by atoms with Crippen LogP contribution in [-0.2, 0) is 15.7 Å². The number of thioether (sulfide) groups is 1. The molecular weight excluding hydrogens is 389 g/mol. The Bertz CT molecular complexity index is 596. The van der Waals surface area contributed by atoms with Gasteiger partial charge in [0.25, 0.3) is 0 Å². The fraction of sp³-hybridized carbons (Fsp3) is 0.647. The normalized spacial score (nSPS) is 15.8. The minimum atomic E-state index is -4.49. The largest absolute Gasteiger partial charge is 0.417 e. The zero-order valence-corrected chi connectivity index (χ0v) is 15.9. The van der Waals surface area contributed by atoms with Gasteiger partial charge >= 0.3 is 6.18 Å². The number of rotatable bonds is 8. The van der Waals surface area contributed by atoms with Crippen LogP contribution in [0, 0.1) is 0 Å². The van der Waals surface area contributed by atoms with Gasteiger partial charge in [-0.2, -0.15) is 13.2 Å². The molecule has 1 heterocycles. The summed E-state index contributed by atoms with van der Waals surface area (Å²) in [6.07, 6.45) is 3.26. The molecule has 9 heteroatoms. The zero-order valence-electron chi connectivity index (χ0n) is 14.3. The highest BCUT2D eigenvalue weighted by atomic mass is 35.5. The number of hydrogen-bond acceptors (Lipinski definition) is 4. The average molecular weight is 411 g/mol. The molecule has 26 heavy (non-hydrogen) atoms. The van der Waals surface area contributed by atoms with Gasteiger partial charge in [-0.05, 0) is 25.3 Å². The van der Waals surface area contributed by atoms with Crippen molar-refractivity contribution in [2.75, 3.05) is 18.9 Å². The second-order valence-electron chi connectivity index (χ2n) is 6.13. The van der Waals surface area contributed by atoms with Gasteiger partial charge in [0.2, 0.25) is 5.91 Å². The van der Waals surface area contributed by atoms with Crippen LogP contribution in [0.15, 0.2) is 17.3 Å². The molecule has 0 saturated heterocycles. The molecule has 146 valence electrons. The lowest BCUT2D eigenvalue weighted by Gasteiger charge is -2.21. The first-order valence-corrected chi connectivity index (χ1v) is 9.96. The predicted octanol–water partition coefficient (Wildman–Crippen LogP) is 4.70. The number of carbonyl (C=O) groups excluding carboxylic acids is 1. The van der Waals surface area contributed by atoms with Crippen molar-refractivity contribution < 1.29 is 22.7 Å². The lowest BCUT2D eigenvalue weighted by Crippen LogP contribution is -2.27. The Morgan fingerprint density at radius 3 is 2.73 bits per heavy atom. The van der Waals surface area contributed by atoms with Gasteiger partial charge in [0.1, 0.15) is 5.03 Å². The third kappa shape index (κ3) is 7.32. The van der Waals surface area contributed by atoms with E-state index in [1.165, 1.54) is 19.3 Å². The third-order valence-corrected chi connectivity index (χ3v) is 5.43. The quantitative estimate of drug-likeness (QED) is 0.498. The summed E-state index contributed by atoms with van der Waals surface area (Å²) < 4.78 is 43.4. The van der Waals surface area contributed by atoms with Crippen molar-refractivity contribution in [1.29, 1.82) is 0 Å². The predicted molar refractivity (Wildman–Crippen MR) is 95.4 cm³/mol. The summed E-state index contributed by atoms with van der Waals surface area (Å²) in [6, 6.07) is 0.817. The number of nitrogens with one attached hydrogen (secondary N) is 1. The van der Waals surface area contributed by atoms with E-state index < -0.39 is 11.7 Å². The van der Waals surface area contributed by atoms with Crippen molar-refractivity contribution in [2.24, 2.45) is 0 Å². The molecule has 1 N–H and O–H groups in total. The Morgan fingerprint density at radius 2 is 2.08 bits per heavy atom. The average Bonchev–Trinajstić information content (AvgIpc) is 2.60. The molecule has 1 fully saturated rings. The summed E-state index contributed by atoms with van der Waals surface area (Å²) in [7, 11) is 0. The van der Waals surface area contributed by atoms with E-state index in [4.69, 9.17) is 16.3 Å². The Balaban J connectivity index is 1.62. The van der Waals surface area contributed by atoms with Crippen molar-refractivity contribution in [1.82, 2.24) is 10.3 Å². The number of halogens is 4. The van der Waals surface area contributed by atoms with Crippen LogP contribution in [0.25, 0.3) is 0 Å². The zero-order chi connectivity index (χ0) is 19.0. The smallest absolute Gasteiger partial charge is 0.378 e. The van der Waals surface area contributed by atoms with Crippen molar-refractivity contribution >= 4 is 29.3 Å². The van der Waals surface area contributed by atoms with Crippen LogP contribution in [0.5, 0.6) is 0 Å². The summed E-state index contributed by atoms with van der Waals surface area (Å²) in [5.74, 6) is -0.174. The van der Waals surface area contributed by atoms with Gasteiger partial charge < -0.3 is 10.1 Å². The number of ether oxygens (including phenoxy) is 1. The van der Waals surface area contributed by atoms with E-state index in [2.05, 4.69) is 10.3 Å². The molecule has 2 rings (SSSR count). The molecule has 0 unspecified atom stereocenters. The van der Waals surface area contributed by atoms with E-state index in [0.29, 0.717) is 25.5 Å². The monoisotopic (exact) mass is 410 g/mol. The van der Waals surface area contributed by atoms with Crippen molar-refractivity contribution in [3.05, 3.63) is 22.8 Å². The maximum Gasteiger partial charge on any atom is 0.417 e. The maximum atomic E-state index is 12.6. The molecule has 1 aliphatic carbocycles. The van der Waals surface area contributed by atoms with Crippen LogP contribution in [0.2, 0.25) is 5.02 Å². The molecule has 0 spiro atoms. The molecule has 0 aliphatic heterocycles. The SMILES string of the molecule is O=C(CSc1ncc(C(F)(F)F)cc1Cl)NCCCOC1CCCCC1. The fourth-order valence-corrected chi connectivity index (χ4v) is 3.68. The summed E-state index contributed by atoms with van der Waals surface area (Å²) in [5.41, 5.74) is -0.908. The molecule has 1 aromatic heterocycles. The van der Waals surface area contributed by atoms with Crippen molar-refractivity contribution in [3.8, 4) is 0 Å². The van der Waals surface area contributed by atoms with Crippen LogP contribution in [-0.4, -0.2) is 35.9 Å². The van der Waals surface area contributed by atoms with E-state index in [1.807, 2.05) is 0 Å². The first-order valence-electron chi connectivity index (χ1n) is 8.60. The minimum absolute atomic E-state index is 0.0432. The minimum Gasteiger partial charge on any atom is -0.378 e. The van der Waals surface area contributed by atoms with Gasteiger partial charge in [-0.25, -0.2) is 4.98 Å². The summed E-state index contributed by atoms with van der Waals surface area (Å²) in [4.78, 5) is 15.5. The van der Waals surface area contributed by atoms with E-state index in [9.17, 15) is 18.0 Å². The van der Waals surface area contributed by atoms with Crippen molar-refractivity contribution in [3.63, 3.8) is 0 Å². The van der Waals surface area contributed by atoms with Gasteiger partial charge in [-0.3, -0.25) is 4.79 Å². The maximum absolute atomic E-state index is 12.6. The second-order valence-corrected chi connectivity index (χ2v) is 7.50. The Hall–Kier alpha value is -0.990. The van der Waals surface area contributed by atoms with Crippen LogP contribution in [0.3, 0.4) is 0 Å². The summed E-state index contributed by atoms with van der Waals surface area (Å²) >= 11 is 6.81. The highest BCUT2D eigenvalue weighted by Gasteiger charge is 2.31. The molecule has 0 bridgehead atoms. The summed E-state index contributed by atoms with van der Waals surface area (Å²) in [6.45, 7) is 1.12. The Labute approximate surface area is 160 Å². The van der Waals surface area contributed by atoms with Crippen LogP contribution in [0.1, 0.15) is 44.1 Å². The molecule has 0 radical (unpaired) electrons. The van der Waals surface area contributed by atoms with Gasteiger partial charge in [-0.1, -0.05) is 42.6 Å². The molecule has 0 aromatic carbocycles. The van der Waals surface area contributed by atoms with E-state index in [1.54, 1.807) is 0 Å².